The fraction of sp³-hybridized carbons (Fsp3) is 0.538. The first kappa shape index (κ1) is 16.1. The van der Waals surface area contributed by atoms with Gasteiger partial charge in [-0.25, -0.2) is 13.1 Å². The third-order valence-electron chi connectivity index (χ3n) is 2.74. The van der Waals surface area contributed by atoms with Crippen LogP contribution in [0.4, 0.5) is 0 Å². The number of nitrogens with one attached hydrogen (secondary N) is 1. The smallest absolute Gasteiger partial charge is 0.240 e. The Kier molecular flexibility index (Phi) is 5.49. The van der Waals surface area contributed by atoms with Crippen LogP contribution in [0.25, 0.3) is 0 Å². The van der Waals surface area contributed by atoms with Gasteiger partial charge < -0.3 is 9.84 Å². The van der Waals surface area contributed by atoms with Gasteiger partial charge >= 0.3 is 0 Å². The van der Waals surface area contributed by atoms with E-state index in [1.165, 1.54) is 14.0 Å². The minimum absolute atomic E-state index is 0.0598. The van der Waals surface area contributed by atoms with Crippen molar-refractivity contribution in [3.63, 3.8) is 0 Å². The number of rotatable bonds is 7. The summed E-state index contributed by atoms with van der Waals surface area (Å²) in [6, 6.07) is 6.68. The van der Waals surface area contributed by atoms with Gasteiger partial charge in [0.05, 0.1) is 17.1 Å². The SMILES string of the molecule is CCc1ccc(S(=O)(=O)NC[C@](C)(O)COC)cc1. The Morgan fingerprint density at radius 1 is 1.32 bits per heavy atom. The first-order valence-electron chi connectivity index (χ1n) is 6.10. The molecule has 2 N–H and O–H groups in total. The van der Waals surface area contributed by atoms with E-state index in [0.717, 1.165) is 12.0 Å². The fourth-order valence-electron chi connectivity index (χ4n) is 1.60. The minimum Gasteiger partial charge on any atom is -0.386 e. The number of hydrogen-bond acceptors (Lipinski definition) is 4. The molecule has 1 aromatic rings. The molecule has 1 aromatic carbocycles. The van der Waals surface area contributed by atoms with E-state index < -0.39 is 15.6 Å². The molecule has 0 amide bonds. The van der Waals surface area contributed by atoms with Crippen LogP contribution in [0, 0.1) is 0 Å². The Hall–Kier alpha value is -0.950. The highest BCUT2D eigenvalue weighted by molar-refractivity contribution is 7.89. The van der Waals surface area contributed by atoms with E-state index in [9.17, 15) is 13.5 Å². The molecular weight excluding hydrogens is 266 g/mol. The molecule has 0 saturated carbocycles. The van der Waals surface area contributed by atoms with Crippen LogP contribution in [0.1, 0.15) is 19.4 Å². The largest absolute Gasteiger partial charge is 0.386 e. The number of sulfonamides is 1. The van der Waals surface area contributed by atoms with Crippen molar-refractivity contribution in [3.05, 3.63) is 29.8 Å². The second-order valence-electron chi connectivity index (χ2n) is 4.75. The Labute approximate surface area is 114 Å². The highest BCUT2D eigenvalue weighted by Crippen LogP contribution is 2.12. The van der Waals surface area contributed by atoms with Crippen molar-refractivity contribution < 1.29 is 18.3 Å². The zero-order chi connectivity index (χ0) is 14.5. The topological polar surface area (TPSA) is 75.6 Å². The Morgan fingerprint density at radius 3 is 2.37 bits per heavy atom. The van der Waals surface area contributed by atoms with Crippen LogP contribution in [0.2, 0.25) is 0 Å². The number of hydrogen-bond donors (Lipinski definition) is 2. The van der Waals surface area contributed by atoms with E-state index in [1.807, 2.05) is 6.92 Å². The first-order valence-corrected chi connectivity index (χ1v) is 7.59. The maximum absolute atomic E-state index is 12.0. The predicted molar refractivity (Wildman–Crippen MR) is 73.5 cm³/mol. The number of aliphatic hydroxyl groups is 1. The van der Waals surface area contributed by atoms with Gasteiger partial charge in [-0.3, -0.25) is 0 Å². The van der Waals surface area contributed by atoms with Crippen LogP contribution in [-0.2, 0) is 21.2 Å². The Balaban J connectivity index is 2.75. The lowest BCUT2D eigenvalue weighted by molar-refractivity contribution is -0.0119. The van der Waals surface area contributed by atoms with Crippen molar-refractivity contribution >= 4 is 10.0 Å². The molecule has 0 bridgehead atoms. The van der Waals surface area contributed by atoms with E-state index >= 15 is 0 Å². The summed E-state index contributed by atoms with van der Waals surface area (Å²) < 4.78 is 31.2. The third-order valence-corrected chi connectivity index (χ3v) is 4.16. The second-order valence-corrected chi connectivity index (χ2v) is 6.52. The maximum atomic E-state index is 12.0. The van der Waals surface area contributed by atoms with Crippen molar-refractivity contribution in [2.75, 3.05) is 20.3 Å². The predicted octanol–water partition coefficient (Wildman–Crippen LogP) is 0.925. The monoisotopic (exact) mass is 287 g/mol. The van der Waals surface area contributed by atoms with Crippen molar-refractivity contribution in [2.24, 2.45) is 0 Å². The van der Waals surface area contributed by atoms with Crippen LogP contribution in [0.3, 0.4) is 0 Å². The Bertz CT molecular complexity index is 494. The quantitative estimate of drug-likeness (QED) is 0.782. The molecule has 0 aliphatic heterocycles. The molecule has 0 saturated heterocycles. The molecule has 0 aromatic heterocycles. The standard InChI is InChI=1S/C13H21NO4S/c1-4-11-5-7-12(8-6-11)19(16,17)14-9-13(2,15)10-18-3/h5-8,14-15H,4,9-10H2,1-3H3/t13-/m0/s1. The van der Waals surface area contributed by atoms with E-state index in [2.05, 4.69) is 4.72 Å². The van der Waals surface area contributed by atoms with Gasteiger partial charge in [-0.2, -0.15) is 0 Å². The summed E-state index contributed by atoms with van der Waals surface area (Å²) in [6.07, 6.45) is 0.857. The minimum atomic E-state index is -3.60. The van der Waals surface area contributed by atoms with E-state index in [4.69, 9.17) is 4.74 Å². The van der Waals surface area contributed by atoms with Gasteiger partial charge in [-0.05, 0) is 31.0 Å². The molecule has 108 valence electrons. The van der Waals surface area contributed by atoms with E-state index in [-0.39, 0.29) is 18.0 Å². The molecule has 19 heavy (non-hydrogen) atoms. The van der Waals surface area contributed by atoms with Crippen LogP contribution < -0.4 is 4.72 Å². The molecule has 1 rings (SSSR count). The molecule has 0 spiro atoms. The van der Waals surface area contributed by atoms with Crippen LogP contribution >= 0.6 is 0 Å². The summed E-state index contributed by atoms with van der Waals surface area (Å²) in [6.45, 7) is 3.48. The lowest BCUT2D eigenvalue weighted by Gasteiger charge is -2.22. The Morgan fingerprint density at radius 2 is 1.89 bits per heavy atom. The number of benzene rings is 1. The molecule has 1 atom stereocenters. The van der Waals surface area contributed by atoms with Gasteiger partial charge in [-0.15, -0.1) is 0 Å². The van der Waals surface area contributed by atoms with E-state index in [1.54, 1.807) is 24.3 Å². The molecule has 6 heteroatoms. The molecular formula is C13H21NO4S. The summed E-state index contributed by atoms with van der Waals surface area (Å²) in [4.78, 5) is 0.193. The molecule has 5 nitrogen and oxygen atoms in total. The third kappa shape index (κ3) is 4.91. The fourth-order valence-corrected chi connectivity index (χ4v) is 2.76. The number of aryl methyl sites for hydroxylation is 1. The molecule has 0 aliphatic carbocycles. The first-order chi connectivity index (χ1) is 8.80. The van der Waals surface area contributed by atoms with Crippen molar-refractivity contribution in [1.29, 1.82) is 0 Å². The maximum Gasteiger partial charge on any atom is 0.240 e. The van der Waals surface area contributed by atoms with Gasteiger partial charge in [0.1, 0.15) is 0 Å². The summed E-state index contributed by atoms with van der Waals surface area (Å²) in [5.74, 6) is 0. The van der Waals surface area contributed by atoms with Gasteiger partial charge in [0.15, 0.2) is 0 Å². The molecule has 0 radical (unpaired) electrons. The zero-order valence-corrected chi connectivity index (χ0v) is 12.3. The highest BCUT2D eigenvalue weighted by atomic mass is 32.2. The molecule has 0 fully saturated rings. The second kappa shape index (κ2) is 6.47. The molecule has 0 unspecified atom stereocenters. The van der Waals surface area contributed by atoms with Crippen LogP contribution in [0.5, 0.6) is 0 Å². The van der Waals surface area contributed by atoms with Gasteiger partial charge in [0.2, 0.25) is 10.0 Å². The average Bonchev–Trinajstić information content (AvgIpc) is 2.37. The van der Waals surface area contributed by atoms with Crippen LogP contribution in [-0.4, -0.2) is 39.4 Å². The lowest BCUT2D eigenvalue weighted by Crippen LogP contribution is -2.43. The summed E-state index contributed by atoms with van der Waals surface area (Å²) in [5, 5.41) is 9.85. The van der Waals surface area contributed by atoms with Gasteiger partial charge in [-0.1, -0.05) is 19.1 Å². The normalized spacial score (nSPS) is 15.2. The summed E-state index contributed by atoms with van der Waals surface area (Å²) in [7, 11) is -2.15. The highest BCUT2D eigenvalue weighted by Gasteiger charge is 2.24. The van der Waals surface area contributed by atoms with Crippen LogP contribution in [0.15, 0.2) is 29.2 Å². The molecule has 0 heterocycles. The average molecular weight is 287 g/mol. The van der Waals surface area contributed by atoms with Crippen molar-refractivity contribution in [3.8, 4) is 0 Å². The van der Waals surface area contributed by atoms with Crippen molar-refractivity contribution in [1.82, 2.24) is 4.72 Å². The number of methoxy groups -OCH3 is 1. The van der Waals surface area contributed by atoms with Crippen molar-refractivity contribution in [2.45, 2.75) is 30.8 Å². The summed E-state index contributed by atoms with van der Waals surface area (Å²) >= 11 is 0. The lowest BCUT2D eigenvalue weighted by atomic mass is 10.1. The summed E-state index contributed by atoms with van der Waals surface area (Å²) in [5.41, 5.74) is -0.157. The van der Waals surface area contributed by atoms with E-state index in [0.29, 0.717) is 0 Å². The van der Waals surface area contributed by atoms with Gasteiger partial charge in [0.25, 0.3) is 0 Å². The van der Waals surface area contributed by atoms with Gasteiger partial charge in [0, 0.05) is 13.7 Å². The molecule has 0 aliphatic rings. The number of ether oxygens (including phenoxy) is 1. The zero-order valence-electron chi connectivity index (χ0n) is 11.5.